The molecule has 0 aliphatic carbocycles. The molecule has 129 heavy (non-hydrogen) atoms. The Morgan fingerprint density at radius 2 is 1.00 bits per heavy atom. The number of nitrogens with one attached hydrogen (secondary N) is 15. The Morgan fingerprint density at radius 3 is 1.52 bits per heavy atom. The number of hydrogen-bond donors (Lipinski definition) is 19. The second kappa shape index (κ2) is 56.3. The Hall–Kier alpha value is -12.0. The fourth-order valence-electron chi connectivity index (χ4n) is 13.5. The van der Waals surface area contributed by atoms with Crippen LogP contribution in [0, 0.1) is 5.92 Å². The number of carbonyl (C=O) groups is 17. The van der Waals surface area contributed by atoms with Crippen LogP contribution in [0.1, 0.15) is 90.8 Å². The van der Waals surface area contributed by atoms with E-state index in [4.69, 9.17) is 9.47 Å². The number of aromatic hydroxyl groups is 2. The summed E-state index contributed by atoms with van der Waals surface area (Å²) in [6.07, 6.45) is -3.51. The van der Waals surface area contributed by atoms with Gasteiger partial charge in [-0.15, -0.1) is 0 Å². The van der Waals surface area contributed by atoms with Crippen molar-refractivity contribution < 1.29 is 111 Å². The molecule has 706 valence electrons. The molecule has 6 rings (SSSR count). The van der Waals surface area contributed by atoms with Crippen LogP contribution in [0.2, 0.25) is 0 Å². The number of carboxylic acids is 1. The van der Waals surface area contributed by atoms with Gasteiger partial charge in [-0.25, -0.2) is 0 Å². The van der Waals surface area contributed by atoms with Gasteiger partial charge in [0, 0.05) is 130 Å². The first kappa shape index (κ1) is 106. The molecule has 0 aromatic heterocycles. The average Bonchev–Trinajstić information content (AvgIpc) is 1.73. The minimum atomic E-state index is -2.08. The molecule has 4 aromatic carbocycles. The van der Waals surface area contributed by atoms with Crippen molar-refractivity contribution in [3.05, 3.63) is 120 Å². The normalized spacial score (nSPS) is 18.7. The summed E-state index contributed by atoms with van der Waals surface area (Å²) in [7, 11) is 1.60. The minimum absolute atomic E-state index is 0.0104. The second-order valence-electron chi connectivity index (χ2n) is 31.3. The number of hydrogen-bond acceptors (Lipinski definition) is 26. The predicted molar refractivity (Wildman–Crippen MR) is 476 cm³/mol. The summed E-state index contributed by atoms with van der Waals surface area (Å²) in [5.41, 5.74) is 2.88. The largest absolute Gasteiger partial charge is 0.508 e. The van der Waals surface area contributed by atoms with Gasteiger partial charge in [0.15, 0.2) is 0 Å². The molecule has 16 amide bonds. The van der Waals surface area contributed by atoms with Gasteiger partial charge in [0.05, 0.1) is 58.6 Å². The number of ether oxygens (including phenoxy) is 2. The molecule has 0 bridgehead atoms. The first-order chi connectivity index (χ1) is 61.5. The van der Waals surface area contributed by atoms with Crippen LogP contribution in [0.15, 0.2) is 103 Å². The summed E-state index contributed by atoms with van der Waals surface area (Å²) in [4.78, 5) is 239. The highest BCUT2D eigenvalue weighted by molar-refractivity contribution is 8.76. The maximum absolute atomic E-state index is 15.2. The Morgan fingerprint density at radius 1 is 0.512 bits per heavy atom. The summed E-state index contributed by atoms with van der Waals surface area (Å²) >= 11 is 0. The number of aliphatic hydroxyl groups excluding tert-OH is 1. The van der Waals surface area contributed by atoms with Crippen LogP contribution < -0.4 is 79.8 Å². The number of aliphatic carboxylic acids is 1. The highest BCUT2D eigenvalue weighted by Gasteiger charge is 2.41. The SMILES string of the molecule is CC(=O)NCCN(CCNC(C)=O)CC(=O)NCCOCCOCCNC(=O)[C@H](Cc1ccc(-c2ccccc2)cc1)NC(=O)[C@@H]1CSSC[C@H](NC(=O)[C@@H]2CCCN2C(=O)C(CC(C)C)NC(=O)CN(CCNC(C)=O)CCNC(C)=O)C(=O)N[C@@H](CC(=O)O)C(=O)N[C@@H](Cc2ccc(O)cc2)C(=O)N[C@@H](Cc2ccc(O)cc2)C(=O)NCC(=O)N[C@@H](C(C)O)C(=O)N1. The molecule has 41 nitrogen and oxygen atoms in total. The minimum Gasteiger partial charge on any atom is -0.508 e. The Kier molecular flexibility index (Phi) is 46.2. The molecule has 2 heterocycles. The molecule has 2 saturated heterocycles. The molecule has 0 radical (unpaired) electrons. The fraction of sp³-hybridized carbons (Fsp3) is 0.523. The maximum Gasteiger partial charge on any atom is 0.305 e. The van der Waals surface area contributed by atoms with Crippen molar-refractivity contribution in [1.82, 2.24) is 94.5 Å². The van der Waals surface area contributed by atoms with Crippen molar-refractivity contribution in [2.45, 2.75) is 154 Å². The Bertz CT molecular complexity index is 4370. The third kappa shape index (κ3) is 40.5. The van der Waals surface area contributed by atoms with Crippen molar-refractivity contribution in [2.75, 3.05) is 130 Å². The van der Waals surface area contributed by atoms with Gasteiger partial charge in [0.1, 0.15) is 65.9 Å². The molecule has 4 aromatic rings. The molecule has 0 spiro atoms. The maximum atomic E-state index is 15.2. The number of phenolic OH excluding ortho intramolecular Hbond substituents is 2. The molecule has 2 fully saturated rings. The highest BCUT2D eigenvalue weighted by Crippen LogP contribution is 2.27. The zero-order valence-corrected chi connectivity index (χ0v) is 75.1. The Labute approximate surface area is 756 Å². The van der Waals surface area contributed by atoms with Gasteiger partial charge in [0.25, 0.3) is 0 Å². The zero-order valence-electron chi connectivity index (χ0n) is 73.5. The predicted octanol–water partition coefficient (Wildman–Crippen LogP) is -3.51. The lowest BCUT2D eigenvalue weighted by molar-refractivity contribution is -0.143. The number of benzene rings is 4. The Balaban J connectivity index is 1.33. The molecular weight excluding hydrogens is 1720 g/mol. The monoisotopic (exact) mass is 1840 g/mol. The van der Waals surface area contributed by atoms with Gasteiger partial charge >= 0.3 is 5.97 Å². The lowest BCUT2D eigenvalue weighted by Crippen LogP contribution is -2.61. The van der Waals surface area contributed by atoms with Crippen molar-refractivity contribution in [1.29, 1.82) is 0 Å². The molecule has 19 N–H and O–H groups in total. The van der Waals surface area contributed by atoms with E-state index >= 15 is 14.4 Å². The van der Waals surface area contributed by atoms with Crippen molar-refractivity contribution in [2.24, 2.45) is 5.92 Å². The van der Waals surface area contributed by atoms with E-state index in [2.05, 4.69) is 79.8 Å². The van der Waals surface area contributed by atoms with E-state index in [0.717, 1.165) is 39.6 Å². The third-order valence-electron chi connectivity index (χ3n) is 20.1. The van der Waals surface area contributed by atoms with Crippen molar-refractivity contribution >= 4 is 122 Å². The average molecular weight is 1840 g/mol. The van der Waals surface area contributed by atoms with E-state index in [0.29, 0.717) is 29.8 Å². The number of nitrogens with zero attached hydrogens (tertiary/aromatic N) is 3. The van der Waals surface area contributed by atoms with Crippen LogP contribution in [0.4, 0.5) is 0 Å². The van der Waals surface area contributed by atoms with E-state index in [-0.39, 0.29) is 177 Å². The number of rotatable bonds is 44. The summed E-state index contributed by atoms with van der Waals surface area (Å²) in [6.45, 7) is 11.0. The highest BCUT2D eigenvalue weighted by atomic mass is 33.1. The van der Waals surface area contributed by atoms with Crippen molar-refractivity contribution in [3.8, 4) is 22.6 Å². The molecular formula is C86H122N18O23S2. The van der Waals surface area contributed by atoms with Gasteiger partial charge in [-0.2, -0.15) is 0 Å². The van der Waals surface area contributed by atoms with Gasteiger partial charge in [-0.1, -0.05) is 114 Å². The van der Waals surface area contributed by atoms with Crippen LogP contribution in [0.5, 0.6) is 11.5 Å². The van der Waals surface area contributed by atoms with Gasteiger partial charge < -0.3 is 115 Å². The number of carboxylic acid groups (broad SMARTS) is 1. The second-order valence-corrected chi connectivity index (χ2v) is 33.9. The molecule has 2 unspecified atom stereocenters. The topological polar surface area (TPSA) is 580 Å². The van der Waals surface area contributed by atoms with Crippen LogP contribution in [0.25, 0.3) is 11.1 Å². The van der Waals surface area contributed by atoms with Crippen LogP contribution >= 0.6 is 21.6 Å². The van der Waals surface area contributed by atoms with Crippen LogP contribution in [-0.4, -0.2) is 326 Å². The molecule has 43 heteroatoms. The standard InChI is InChI=1S/C86H122N18O23S2/c1-52(2)42-69(94-75(114)49-103(36-29-89-56(6)108)37-30-90-57(7)109)86(125)104-33-11-14-72(104)84(123)99-70-50-128-129-51-71(83(122)96-65(43-58-15-21-62(22-16-58)61-12-9-8-10-13-61)78(117)92-32-39-127-41-40-126-38-31-91-74(113)48-102(34-27-87-54(4)106)35-28-88-55(5)107)100-85(124)77(53(3)105)101-73(112)47-93-79(118)66(44-59-17-23-63(110)24-18-59)95-80(119)67(45-60-19-25-64(111)26-20-60)97-81(120)68(46-76(115)116)98-82(70)121/h8-10,12-13,15-26,52-53,65-72,77,105,110-111H,11,14,27-51H2,1-7H3,(H,87,106)(H,88,107)(H,89,108)(H,90,109)(H,91,113)(H,92,117)(H,93,118)(H,94,114)(H,95,119)(H,96,122)(H,97,120)(H,98,121)(H,99,123)(H,100,124)(H,101,112)(H,115,116)/t53?,65-,66-,67-,68-,69?,70-,71-,72-,77-/m0/s1. The number of carbonyl (C=O) groups excluding carboxylic acids is 16. The number of aliphatic hydroxyl groups is 1. The summed E-state index contributed by atoms with van der Waals surface area (Å²) in [5, 5.41) is 81.3. The first-order valence-electron chi connectivity index (χ1n) is 42.5. The quantitative estimate of drug-likeness (QED) is 0.0151. The lowest BCUT2D eigenvalue weighted by Gasteiger charge is -2.31. The number of amides is 16. The molecule has 2 aliphatic rings. The number of phenols is 2. The third-order valence-corrected chi connectivity index (χ3v) is 22.5. The number of likely N-dealkylation sites (tertiary alicyclic amines) is 1. The molecule has 10 atom stereocenters. The zero-order chi connectivity index (χ0) is 94.5. The first-order valence-corrected chi connectivity index (χ1v) is 45.0. The van der Waals surface area contributed by atoms with E-state index in [1.54, 1.807) is 35.8 Å². The van der Waals surface area contributed by atoms with Crippen LogP contribution in [-0.2, 0) is 110 Å². The molecule has 2 aliphatic heterocycles. The van der Waals surface area contributed by atoms with E-state index < -0.39 is 162 Å². The van der Waals surface area contributed by atoms with E-state index in [1.807, 2.05) is 42.5 Å². The van der Waals surface area contributed by atoms with Gasteiger partial charge in [0.2, 0.25) is 94.5 Å². The summed E-state index contributed by atoms with van der Waals surface area (Å²) in [6, 6.07) is 12.4. The van der Waals surface area contributed by atoms with E-state index in [9.17, 15) is 87.5 Å². The summed E-state index contributed by atoms with van der Waals surface area (Å²) in [5.74, 6) is -15.5. The molecule has 0 saturated carbocycles. The van der Waals surface area contributed by atoms with Crippen LogP contribution in [0.3, 0.4) is 0 Å². The van der Waals surface area contributed by atoms with Gasteiger partial charge in [-0.3, -0.25) is 91.3 Å². The van der Waals surface area contributed by atoms with Gasteiger partial charge in [-0.05, 0) is 84.2 Å². The van der Waals surface area contributed by atoms with Crippen molar-refractivity contribution in [3.63, 3.8) is 0 Å². The fourth-order valence-corrected chi connectivity index (χ4v) is 15.9. The van der Waals surface area contributed by atoms with E-state index in [1.165, 1.54) is 81.1 Å². The summed E-state index contributed by atoms with van der Waals surface area (Å²) < 4.78 is 11.4. The lowest BCUT2D eigenvalue weighted by atomic mass is 10.00. The smallest absolute Gasteiger partial charge is 0.305 e.